The SMILES string of the molecule is CC1=C(/C=C/C#CC=O)C(C)(C)CCC1. The summed E-state index contributed by atoms with van der Waals surface area (Å²) < 4.78 is 0. The molecule has 0 spiro atoms. The summed E-state index contributed by atoms with van der Waals surface area (Å²) in [5, 5.41) is 0. The molecule has 0 aromatic heterocycles. The van der Waals surface area contributed by atoms with Gasteiger partial charge in [-0.15, -0.1) is 0 Å². The van der Waals surface area contributed by atoms with Gasteiger partial charge in [0.2, 0.25) is 0 Å². The number of carbonyl (C=O) groups excluding carboxylic acids is 1. The highest BCUT2D eigenvalue weighted by Gasteiger charge is 2.26. The fraction of sp³-hybridized carbons (Fsp3) is 0.500. The van der Waals surface area contributed by atoms with Crippen molar-refractivity contribution < 1.29 is 4.79 Å². The molecule has 0 heterocycles. The van der Waals surface area contributed by atoms with Gasteiger partial charge in [0.05, 0.1) is 0 Å². The minimum atomic E-state index is 0.252. The molecule has 0 unspecified atom stereocenters. The van der Waals surface area contributed by atoms with Crippen molar-refractivity contribution in [3.8, 4) is 11.8 Å². The third-order valence-electron chi connectivity index (χ3n) is 3.02. The molecular formula is C14H18O. The molecule has 0 saturated carbocycles. The number of aldehydes is 1. The minimum absolute atomic E-state index is 0.252. The lowest BCUT2D eigenvalue weighted by molar-refractivity contribution is -0.103. The Bertz CT molecular complexity index is 359. The molecule has 0 amide bonds. The van der Waals surface area contributed by atoms with Gasteiger partial charge in [0.15, 0.2) is 6.29 Å². The molecule has 80 valence electrons. The molecule has 1 heteroatoms. The van der Waals surface area contributed by atoms with Crippen LogP contribution in [0.3, 0.4) is 0 Å². The van der Waals surface area contributed by atoms with Crippen molar-refractivity contribution in [1.29, 1.82) is 0 Å². The van der Waals surface area contributed by atoms with Crippen molar-refractivity contribution in [2.45, 2.75) is 40.0 Å². The zero-order chi connectivity index (χ0) is 11.3. The molecule has 0 aromatic rings. The maximum Gasteiger partial charge on any atom is 0.193 e. The van der Waals surface area contributed by atoms with Crippen LogP contribution in [0.1, 0.15) is 40.0 Å². The van der Waals surface area contributed by atoms with Gasteiger partial charge in [0.25, 0.3) is 0 Å². The van der Waals surface area contributed by atoms with E-state index in [-0.39, 0.29) is 5.41 Å². The van der Waals surface area contributed by atoms with E-state index in [1.165, 1.54) is 30.4 Å². The first-order chi connectivity index (χ1) is 7.08. The summed E-state index contributed by atoms with van der Waals surface area (Å²) in [5.74, 6) is 5.10. The zero-order valence-corrected chi connectivity index (χ0v) is 9.76. The molecule has 0 fully saturated rings. The van der Waals surface area contributed by atoms with Crippen LogP contribution in [0, 0.1) is 17.3 Å². The van der Waals surface area contributed by atoms with Crippen LogP contribution in [-0.2, 0) is 4.79 Å². The highest BCUT2D eigenvalue weighted by Crippen LogP contribution is 2.40. The van der Waals surface area contributed by atoms with Crippen LogP contribution in [0.5, 0.6) is 0 Å². The maximum atomic E-state index is 10.0. The zero-order valence-electron chi connectivity index (χ0n) is 9.76. The fourth-order valence-corrected chi connectivity index (χ4v) is 2.22. The first-order valence-corrected chi connectivity index (χ1v) is 5.39. The second-order valence-corrected chi connectivity index (χ2v) is 4.67. The Morgan fingerprint density at radius 3 is 2.67 bits per heavy atom. The minimum Gasteiger partial charge on any atom is -0.289 e. The normalized spacial score (nSPS) is 19.9. The van der Waals surface area contributed by atoms with E-state index in [9.17, 15) is 4.79 Å². The van der Waals surface area contributed by atoms with Gasteiger partial charge in [-0.1, -0.05) is 31.4 Å². The van der Waals surface area contributed by atoms with E-state index < -0.39 is 0 Å². The number of rotatable bonds is 1. The molecule has 0 aliphatic heterocycles. The molecule has 1 rings (SSSR count). The Balaban J connectivity index is 2.89. The van der Waals surface area contributed by atoms with Gasteiger partial charge in [0, 0.05) is 0 Å². The molecule has 0 saturated heterocycles. The first kappa shape index (κ1) is 11.8. The number of hydrogen-bond donors (Lipinski definition) is 0. The van der Waals surface area contributed by atoms with Crippen molar-refractivity contribution in [3.05, 3.63) is 23.3 Å². The Hall–Kier alpha value is -1.29. The quantitative estimate of drug-likeness (QED) is 0.471. The third-order valence-corrected chi connectivity index (χ3v) is 3.02. The smallest absolute Gasteiger partial charge is 0.193 e. The largest absolute Gasteiger partial charge is 0.289 e. The maximum absolute atomic E-state index is 10.0. The van der Waals surface area contributed by atoms with E-state index in [0.29, 0.717) is 6.29 Å². The predicted octanol–water partition coefficient (Wildman–Crippen LogP) is 3.27. The van der Waals surface area contributed by atoms with Crippen molar-refractivity contribution in [1.82, 2.24) is 0 Å². The second kappa shape index (κ2) is 4.98. The van der Waals surface area contributed by atoms with Gasteiger partial charge in [-0.2, -0.15) is 0 Å². The topological polar surface area (TPSA) is 17.1 Å². The van der Waals surface area contributed by atoms with Gasteiger partial charge >= 0.3 is 0 Å². The summed E-state index contributed by atoms with van der Waals surface area (Å²) in [7, 11) is 0. The summed E-state index contributed by atoms with van der Waals surface area (Å²) in [5.41, 5.74) is 3.09. The molecule has 1 aliphatic carbocycles. The van der Waals surface area contributed by atoms with E-state index in [1.807, 2.05) is 0 Å². The Morgan fingerprint density at radius 2 is 2.07 bits per heavy atom. The van der Waals surface area contributed by atoms with E-state index in [0.717, 1.165) is 0 Å². The lowest BCUT2D eigenvalue weighted by atomic mass is 9.73. The summed E-state index contributed by atoms with van der Waals surface area (Å²) in [4.78, 5) is 10.0. The highest BCUT2D eigenvalue weighted by atomic mass is 16.1. The van der Waals surface area contributed by atoms with Crippen LogP contribution in [0.4, 0.5) is 0 Å². The number of hydrogen-bond acceptors (Lipinski definition) is 1. The first-order valence-electron chi connectivity index (χ1n) is 5.39. The predicted molar refractivity (Wildman–Crippen MR) is 63.3 cm³/mol. The van der Waals surface area contributed by atoms with Crippen LogP contribution in [0.2, 0.25) is 0 Å². The van der Waals surface area contributed by atoms with Gasteiger partial charge in [-0.25, -0.2) is 0 Å². The average molecular weight is 202 g/mol. The van der Waals surface area contributed by atoms with Crippen LogP contribution in [-0.4, -0.2) is 6.29 Å². The van der Waals surface area contributed by atoms with E-state index in [2.05, 4.69) is 38.7 Å². The third kappa shape index (κ3) is 3.09. The Labute approximate surface area is 92.3 Å². The highest BCUT2D eigenvalue weighted by molar-refractivity contribution is 5.73. The second-order valence-electron chi connectivity index (χ2n) is 4.67. The number of allylic oxidation sites excluding steroid dienone is 4. The lowest BCUT2D eigenvalue weighted by Crippen LogP contribution is -2.18. The fourth-order valence-electron chi connectivity index (χ4n) is 2.22. The van der Waals surface area contributed by atoms with E-state index >= 15 is 0 Å². The lowest BCUT2D eigenvalue weighted by Gasteiger charge is -2.32. The molecule has 0 bridgehead atoms. The van der Waals surface area contributed by atoms with Crippen LogP contribution >= 0.6 is 0 Å². The molecule has 0 aromatic carbocycles. The average Bonchev–Trinajstić information content (AvgIpc) is 2.15. The molecular weight excluding hydrogens is 184 g/mol. The summed E-state index contributed by atoms with van der Waals surface area (Å²) in [6.45, 7) is 6.72. The van der Waals surface area contributed by atoms with Crippen molar-refractivity contribution >= 4 is 6.29 Å². The molecule has 1 nitrogen and oxygen atoms in total. The van der Waals surface area contributed by atoms with Crippen molar-refractivity contribution in [3.63, 3.8) is 0 Å². The molecule has 1 aliphatic rings. The standard InChI is InChI=1S/C14H18O/c1-12-8-7-10-14(2,3)13(12)9-5-4-6-11-15/h5,9,11H,7-8,10H2,1-3H3/b9-5+. The Morgan fingerprint density at radius 1 is 1.33 bits per heavy atom. The number of carbonyl (C=O) groups is 1. The van der Waals surface area contributed by atoms with Gasteiger partial charge < -0.3 is 0 Å². The van der Waals surface area contributed by atoms with E-state index in [4.69, 9.17) is 0 Å². The van der Waals surface area contributed by atoms with Crippen LogP contribution in [0.25, 0.3) is 0 Å². The van der Waals surface area contributed by atoms with Gasteiger partial charge in [-0.3, -0.25) is 4.79 Å². The van der Waals surface area contributed by atoms with Gasteiger partial charge in [-0.05, 0) is 49.2 Å². The van der Waals surface area contributed by atoms with Crippen molar-refractivity contribution in [2.75, 3.05) is 0 Å². The summed E-state index contributed by atoms with van der Waals surface area (Å²) in [6, 6.07) is 0. The Kier molecular flexibility index (Phi) is 3.91. The van der Waals surface area contributed by atoms with Crippen molar-refractivity contribution in [2.24, 2.45) is 5.41 Å². The van der Waals surface area contributed by atoms with Crippen LogP contribution < -0.4 is 0 Å². The monoisotopic (exact) mass is 202 g/mol. The molecule has 0 atom stereocenters. The summed E-state index contributed by atoms with van der Waals surface area (Å²) in [6.07, 6.45) is 8.15. The molecule has 0 radical (unpaired) electrons. The van der Waals surface area contributed by atoms with Crippen LogP contribution in [0.15, 0.2) is 23.3 Å². The summed E-state index contributed by atoms with van der Waals surface area (Å²) >= 11 is 0. The van der Waals surface area contributed by atoms with E-state index in [1.54, 1.807) is 6.08 Å². The van der Waals surface area contributed by atoms with Gasteiger partial charge in [0.1, 0.15) is 0 Å². The molecule has 0 N–H and O–H groups in total. The molecule has 15 heavy (non-hydrogen) atoms.